The van der Waals surface area contributed by atoms with Crippen LogP contribution in [-0.4, -0.2) is 50.3 Å². The van der Waals surface area contributed by atoms with Gasteiger partial charge in [-0.3, -0.25) is 0 Å². The van der Waals surface area contributed by atoms with Crippen molar-refractivity contribution >= 4 is 5.69 Å². The molecule has 0 bridgehead atoms. The second-order valence-corrected chi connectivity index (χ2v) is 5.61. The molecule has 0 saturated carbocycles. The van der Waals surface area contributed by atoms with E-state index < -0.39 is 0 Å². The lowest BCUT2D eigenvalue weighted by Gasteiger charge is -2.23. The molecule has 1 aromatic carbocycles. The Bertz CT molecular complexity index is 433. The molecule has 2 unspecified atom stereocenters. The van der Waals surface area contributed by atoms with Crippen LogP contribution in [-0.2, 0) is 0 Å². The fraction of sp³-hybridized carbons (Fsp3) is 0.600. The van der Waals surface area contributed by atoms with Crippen LogP contribution in [0.4, 0.5) is 5.69 Å². The smallest absolute Gasteiger partial charge is 0.122 e. The van der Waals surface area contributed by atoms with E-state index in [9.17, 15) is 5.11 Å². The van der Waals surface area contributed by atoms with Crippen molar-refractivity contribution in [3.8, 4) is 5.75 Å². The molecular weight excluding hydrogens is 238 g/mol. The molecule has 2 N–H and O–H groups in total. The number of nitrogens with one attached hydrogen (secondary N) is 1. The van der Waals surface area contributed by atoms with Crippen LogP contribution >= 0.6 is 0 Å². The van der Waals surface area contributed by atoms with Crippen LogP contribution in [0.3, 0.4) is 0 Å². The molecule has 19 heavy (non-hydrogen) atoms. The third-order valence-corrected chi connectivity index (χ3v) is 4.17. The third-order valence-electron chi connectivity index (χ3n) is 4.17. The van der Waals surface area contributed by atoms with Crippen molar-refractivity contribution in [2.45, 2.75) is 25.4 Å². The molecule has 1 saturated heterocycles. The van der Waals surface area contributed by atoms with Crippen molar-refractivity contribution < 1.29 is 5.11 Å². The average Bonchev–Trinajstić information content (AvgIpc) is 2.87. The highest BCUT2D eigenvalue weighted by molar-refractivity contribution is 5.54. The van der Waals surface area contributed by atoms with Crippen LogP contribution in [0, 0.1) is 0 Å². The summed E-state index contributed by atoms with van der Waals surface area (Å²) in [5.41, 5.74) is 2.07. The fourth-order valence-electron chi connectivity index (χ4n) is 2.65. The summed E-state index contributed by atoms with van der Waals surface area (Å²) < 4.78 is 0. The van der Waals surface area contributed by atoms with Crippen LogP contribution in [0.2, 0.25) is 0 Å². The summed E-state index contributed by atoms with van der Waals surface area (Å²) in [6, 6.07) is 6.80. The van der Waals surface area contributed by atoms with Crippen molar-refractivity contribution in [3.63, 3.8) is 0 Å². The van der Waals surface area contributed by atoms with Gasteiger partial charge in [0.05, 0.1) is 0 Å². The molecule has 0 radical (unpaired) electrons. The maximum Gasteiger partial charge on any atom is 0.122 e. The summed E-state index contributed by atoms with van der Waals surface area (Å²) in [5, 5.41) is 13.3. The van der Waals surface area contributed by atoms with Gasteiger partial charge in [-0.05, 0) is 40.6 Å². The van der Waals surface area contributed by atoms with E-state index in [1.165, 1.54) is 6.42 Å². The minimum Gasteiger partial charge on any atom is -0.508 e. The third kappa shape index (κ3) is 3.01. The Hall–Kier alpha value is -1.26. The lowest BCUT2D eigenvalue weighted by molar-refractivity contribution is 0.315. The number of rotatable bonds is 4. The molecule has 1 aliphatic rings. The van der Waals surface area contributed by atoms with E-state index in [-0.39, 0.29) is 6.04 Å². The molecular formula is C15H25N3O. The Morgan fingerprint density at radius 3 is 2.68 bits per heavy atom. The zero-order valence-corrected chi connectivity index (χ0v) is 12.3. The monoisotopic (exact) mass is 263 g/mol. The van der Waals surface area contributed by atoms with E-state index in [4.69, 9.17) is 0 Å². The van der Waals surface area contributed by atoms with Gasteiger partial charge in [0, 0.05) is 42.5 Å². The summed E-state index contributed by atoms with van der Waals surface area (Å²) in [5.74, 6) is 0.382. The van der Waals surface area contributed by atoms with E-state index in [0.29, 0.717) is 11.8 Å². The Balaban J connectivity index is 2.13. The first-order valence-electron chi connectivity index (χ1n) is 6.94. The molecule has 1 aromatic rings. The number of hydrogen-bond acceptors (Lipinski definition) is 4. The normalized spacial score (nSPS) is 21.1. The number of aromatic hydroxyl groups is 1. The summed E-state index contributed by atoms with van der Waals surface area (Å²) in [6.07, 6.45) is 1.18. The van der Waals surface area contributed by atoms with Crippen LogP contribution in [0.1, 0.15) is 24.9 Å². The number of hydrogen-bond donors (Lipinski definition) is 2. The standard InChI is InChI=1S/C15H25N3O/c1-11(16-2)14-6-5-12(9-15(14)19)18-8-7-13(10-18)17(3)4/h5-6,9,11,13,16,19H,7-8,10H2,1-4H3. The van der Waals surface area contributed by atoms with Crippen LogP contribution in [0.5, 0.6) is 5.75 Å². The second-order valence-electron chi connectivity index (χ2n) is 5.61. The van der Waals surface area contributed by atoms with Gasteiger partial charge in [0.2, 0.25) is 0 Å². The number of phenolic OH excluding ortho intramolecular Hbond substituents is 1. The van der Waals surface area contributed by atoms with Gasteiger partial charge in [-0.15, -0.1) is 0 Å². The molecule has 4 heteroatoms. The van der Waals surface area contributed by atoms with Crippen molar-refractivity contribution in [1.82, 2.24) is 10.2 Å². The van der Waals surface area contributed by atoms with E-state index in [1.54, 1.807) is 0 Å². The van der Waals surface area contributed by atoms with Gasteiger partial charge in [0.25, 0.3) is 0 Å². The largest absolute Gasteiger partial charge is 0.508 e. The predicted octanol–water partition coefficient (Wildman–Crippen LogP) is 1.81. The zero-order chi connectivity index (χ0) is 14.0. The van der Waals surface area contributed by atoms with E-state index in [0.717, 1.165) is 24.3 Å². The molecule has 1 heterocycles. The number of likely N-dealkylation sites (N-methyl/N-ethyl adjacent to an activating group) is 1. The van der Waals surface area contributed by atoms with E-state index >= 15 is 0 Å². The number of benzene rings is 1. The van der Waals surface area contributed by atoms with Gasteiger partial charge in [-0.2, -0.15) is 0 Å². The molecule has 0 aliphatic carbocycles. The molecule has 1 fully saturated rings. The minimum atomic E-state index is 0.169. The summed E-state index contributed by atoms with van der Waals surface area (Å²) in [6.45, 7) is 4.14. The quantitative estimate of drug-likeness (QED) is 0.869. The van der Waals surface area contributed by atoms with E-state index in [1.807, 2.05) is 26.1 Å². The maximum absolute atomic E-state index is 10.2. The molecule has 1 aliphatic heterocycles. The SMILES string of the molecule is CNC(C)c1ccc(N2CCC(N(C)C)C2)cc1O. The second kappa shape index (κ2) is 5.80. The molecule has 0 aromatic heterocycles. The molecule has 106 valence electrons. The molecule has 0 spiro atoms. The Morgan fingerprint density at radius 2 is 2.16 bits per heavy atom. The van der Waals surface area contributed by atoms with Crippen LogP contribution < -0.4 is 10.2 Å². The summed E-state index contributed by atoms with van der Waals surface area (Å²) in [7, 11) is 6.16. The highest BCUT2D eigenvalue weighted by Crippen LogP contribution is 2.30. The first-order chi connectivity index (χ1) is 9.02. The van der Waals surface area contributed by atoms with Crippen molar-refractivity contribution in [2.75, 3.05) is 39.1 Å². The first-order valence-corrected chi connectivity index (χ1v) is 6.94. The highest BCUT2D eigenvalue weighted by Gasteiger charge is 2.24. The zero-order valence-electron chi connectivity index (χ0n) is 12.3. The average molecular weight is 263 g/mol. The number of anilines is 1. The first kappa shape index (κ1) is 14.2. The van der Waals surface area contributed by atoms with Gasteiger partial charge in [-0.25, -0.2) is 0 Å². The number of phenols is 1. The fourth-order valence-corrected chi connectivity index (χ4v) is 2.65. The van der Waals surface area contributed by atoms with Gasteiger partial charge >= 0.3 is 0 Å². The topological polar surface area (TPSA) is 38.7 Å². The van der Waals surface area contributed by atoms with Crippen LogP contribution in [0.15, 0.2) is 18.2 Å². The molecule has 4 nitrogen and oxygen atoms in total. The van der Waals surface area contributed by atoms with Gasteiger partial charge in [0.15, 0.2) is 0 Å². The van der Waals surface area contributed by atoms with Crippen LogP contribution in [0.25, 0.3) is 0 Å². The number of nitrogens with zero attached hydrogens (tertiary/aromatic N) is 2. The van der Waals surface area contributed by atoms with Crippen molar-refractivity contribution in [3.05, 3.63) is 23.8 Å². The highest BCUT2D eigenvalue weighted by atomic mass is 16.3. The molecule has 2 atom stereocenters. The predicted molar refractivity (Wildman–Crippen MR) is 79.9 cm³/mol. The Labute approximate surface area is 116 Å². The Morgan fingerprint density at radius 1 is 1.42 bits per heavy atom. The summed E-state index contributed by atoms with van der Waals surface area (Å²) in [4.78, 5) is 4.62. The van der Waals surface area contributed by atoms with Gasteiger partial charge in [-0.1, -0.05) is 6.07 Å². The van der Waals surface area contributed by atoms with Gasteiger partial charge in [0.1, 0.15) is 5.75 Å². The van der Waals surface area contributed by atoms with Gasteiger partial charge < -0.3 is 20.2 Å². The van der Waals surface area contributed by atoms with Crippen molar-refractivity contribution in [1.29, 1.82) is 0 Å². The molecule has 0 amide bonds. The summed E-state index contributed by atoms with van der Waals surface area (Å²) >= 11 is 0. The van der Waals surface area contributed by atoms with Crippen molar-refractivity contribution in [2.24, 2.45) is 0 Å². The molecule has 2 rings (SSSR count). The minimum absolute atomic E-state index is 0.169. The van der Waals surface area contributed by atoms with E-state index in [2.05, 4.69) is 35.3 Å². The lowest BCUT2D eigenvalue weighted by Crippen LogP contribution is -2.31. The lowest BCUT2D eigenvalue weighted by atomic mass is 10.1. The Kier molecular flexibility index (Phi) is 4.32. The maximum atomic E-state index is 10.2.